The third-order valence-corrected chi connectivity index (χ3v) is 8.46. The van der Waals surface area contributed by atoms with E-state index >= 15 is 0 Å². The van der Waals surface area contributed by atoms with E-state index in [2.05, 4.69) is 47.8 Å². The van der Waals surface area contributed by atoms with E-state index < -0.39 is 0 Å². The van der Waals surface area contributed by atoms with Crippen LogP contribution in [-0.2, 0) is 5.41 Å². The minimum Gasteiger partial charge on any atom is -0.351 e. The average molecular weight is 370 g/mol. The molecular formula is C21H23NOS2. The van der Waals surface area contributed by atoms with Gasteiger partial charge >= 0.3 is 0 Å². The summed E-state index contributed by atoms with van der Waals surface area (Å²) in [5, 5.41) is 3.18. The third-order valence-electron chi connectivity index (χ3n) is 5.35. The van der Waals surface area contributed by atoms with Crippen LogP contribution in [0.4, 0.5) is 0 Å². The topological polar surface area (TPSA) is 29.1 Å². The maximum atomic E-state index is 12.6. The number of carbonyl (C=O) groups excluding carboxylic acids is 1. The Hall–Kier alpha value is -1.39. The summed E-state index contributed by atoms with van der Waals surface area (Å²) in [5.74, 6) is 2.48. The van der Waals surface area contributed by atoms with E-state index in [9.17, 15) is 4.79 Å². The van der Waals surface area contributed by atoms with Crippen molar-refractivity contribution in [1.82, 2.24) is 5.32 Å². The predicted molar refractivity (Wildman–Crippen MR) is 108 cm³/mol. The molecule has 1 saturated heterocycles. The van der Waals surface area contributed by atoms with Crippen molar-refractivity contribution in [1.29, 1.82) is 0 Å². The first-order chi connectivity index (χ1) is 12.3. The molecule has 4 rings (SSSR count). The van der Waals surface area contributed by atoms with E-state index in [1.54, 1.807) is 0 Å². The van der Waals surface area contributed by atoms with Gasteiger partial charge in [-0.25, -0.2) is 0 Å². The van der Waals surface area contributed by atoms with Gasteiger partial charge in [0.25, 0.3) is 5.91 Å². The van der Waals surface area contributed by atoms with Crippen molar-refractivity contribution in [3.8, 4) is 0 Å². The molecule has 2 fully saturated rings. The van der Waals surface area contributed by atoms with Crippen LogP contribution < -0.4 is 5.32 Å². The summed E-state index contributed by atoms with van der Waals surface area (Å²) in [6.07, 6.45) is 3.56. The Morgan fingerprint density at radius 3 is 2.28 bits per heavy atom. The van der Waals surface area contributed by atoms with Crippen molar-refractivity contribution in [3.63, 3.8) is 0 Å². The molecule has 0 bridgehead atoms. The van der Waals surface area contributed by atoms with Crippen molar-refractivity contribution in [2.45, 2.75) is 29.3 Å². The van der Waals surface area contributed by atoms with E-state index in [-0.39, 0.29) is 11.3 Å². The second-order valence-electron chi connectivity index (χ2n) is 6.88. The molecule has 1 aliphatic carbocycles. The summed E-state index contributed by atoms with van der Waals surface area (Å²) in [6, 6.07) is 18.8. The smallest absolute Gasteiger partial charge is 0.251 e. The van der Waals surface area contributed by atoms with Gasteiger partial charge in [-0.3, -0.25) is 4.79 Å². The van der Waals surface area contributed by atoms with Gasteiger partial charge in [-0.15, -0.1) is 23.5 Å². The Morgan fingerprint density at radius 2 is 1.68 bits per heavy atom. The van der Waals surface area contributed by atoms with Crippen molar-refractivity contribution in [2.24, 2.45) is 0 Å². The van der Waals surface area contributed by atoms with E-state index in [0.717, 1.165) is 24.9 Å². The SMILES string of the molecule is O=C(NCC1(c2ccccc2)CCC1)c1ccc(C2SCCS2)cc1. The van der Waals surface area contributed by atoms with Crippen LogP contribution in [0.5, 0.6) is 0 Å². The normalized spacial score (nSPS) is 19.4. The molecule has 0 unspecified atom stereocenters. The monoisotopic (exact) mass is 369 g/mol. The largest absolute Gasteiger partial charge is 0.351 e. The van der Waals surface area contributed by atoms with E-state index in [1.165, 1.54) is 29.1 Å². The summed E-state index contributed by atoms with van der Waals surface area (Å²) in [5.41, 5.74) is 3.57. The second-order valence-corrected chi connectivity index (χ2v) is 9.60. The van der Waals surface area contributed by atoms with Crippen LogP contribution in [-0.4, -0.2) is 24.0 Å². The maximum absolute atomic E-state index is 12.6. The van der Waals surface area contributed by atoms with Gasteiger partial charge in [0.1, 0.15) is 0 Å². The van der Waals surface area contributed by atoms with Gasteiger partial charge < -0.3 is 5.32 Å². The van der Waals surface area contributed by atoms with Crippen molar-refractivity contribution >= 4 is 29.4 Å². The molecule has 130 valence electrons. The zero-order chi connectivity index (χ0) is 17.1. The lowest BCUT2D eigenvalue weighted by Crippen LogP contribution is -2.45. The van der Waals surface area contributed by atoms with Gasteiger partial charge in [-0.2, -0.15) is 0 Å². The summed E-state index contributed by atoms with van der Waals surface area (Å²) in [4.78, 5) is 12.6. The van der Waals surface area contributed by atoms with Crippen LogP contribution in [0.3, 0.4) is 0 Å². The van der Waals surface area contributed by atoms with Crippen LogP contribution >= 0.6 is 23.5 Å². The lowest BCUT2D eigenvalue weighted by molar-refractivity contribution is 0.0928. The molecule has 0 spiro atoms. The zero-order valence-corrected chi connectivity index (χ0v) is 15.9. The number of hydrogen-bond acceptors (Lipinski definition) is 3. The van der Waals surface area contributed by atoms with Gasteiger partial charge in [0.05, 0.1) is 4.58 Å². The highest BCUT2D eigenvalue weighted by atomic mass is 32.2. The van der Waals surface area contributed by atoms with Gasteiger partial charge in [-0.05, 0) is 36.1 Å². The van der Waals surface area contributed by atoms with Crippen LogP contribution in [0.15, 0.2) is 54.6 Å². The molecule has 4 heteroatoms. The average Bonchev–Trinajstić information content (AvgIpc) is 3.16. The number of carbonyl (C=O) groups is 1. The van der Waals surface area contributed by atoms with Crippen molar-refractivity contribution < 1.29 is 4.79 Å². The van der Waals surface area contributed by atoms with Gasteiger partial charge in [0, 0.05) is 29.0 Å². The summed E-state index contributed by atoms with van der Waals surface area (Å²) >= 11 is 3.99. The van der Waals surface area contributed by atoms with E-state index in [4.69, 9.17) is 0 Å². The molecule has 1 aliphatic heterocycles. The van der Waals surface area contributed by atoms with Crippen molar-refractivity contribution in [2.75, 3.05) is 18.1 Å². The third kappa shape index (κ3) is 3.61. The van der Waals surface area contributed by atoms with Gasteiger partial charge in [0.15, 0.2) is 0 Å². The quantitative estimate of drug-likeness (QED) is 0.802. The Balaban J connectivity index is 1.40. The van der Waals surface area contributed by atoms with E-state index in [1.807, 2.05) is 35.7 Å². The minimum atomic E-state index is 0.0421. The Labute approximate surface area is 158 Å². The number of nitrogens with one attached hydrogen (secondary N) is 1. The number of hydrogen-bond donors (Lipinski definition) is 1. The molecule has 2 aliphatic rings. The standard InChI is InChI=1S/C21H23NOS2/c23-19(16-7-9-17(10-8-16)20-24-13-14-25-20)22-15-21(11-4-12-21)18-5-2-1-3-6-18/h1-3,5-10,20H,4,11-15H2,(H,22,23). The van der Waals surface area contributed by atoms with Crippen LogP contribution in [0, 0.1) is 0 Å². The minimum absolute atomic E-state index is 0.0421. The second kappa shape index (κ2) is 7.46. The molecule has 1 heterocycles. The van der Waals surface area contributed by atoms with Crippen LogP contribution in [0.25, 0.3) is 0 Å². The van der Waals surface area contributed by atoms with Crippen molar-refractivity contribution in [3.05, 3.63) is 71.3 Å². The lowest BCUT2D eigenvalue weighted by atomic mass is 9.64. The number of thioether (sulfide) groups is 2. The molecule has 25 heavy (non-hydrogen) atoms. The maximum Gasteiger partial charge on any atom is 0.251 e. The first-order valence-corrected chi connectivity index (χ1v) is 11.0. The fraction of sp³-hybridized carbons (Fsp3) is 0.381. The van der Waals surface area contributed by atoms with Gasteiger partial charge in [-0.1, -0.05) is 48.9 Å². The first kappa shape index (κ1) is 17.0. The number of rotatable bonds is 5. The Bertz CT molecular complexity index is 719. The van der Waals surface area contributed by atoms with Gasteiger partial charge in [0.2, 0.25) is 0 Å². The molecule has 2 aromatic carbocycles. The molecule has 2 nitrogen and oxygen atoms in total. The first-order valence-electron chi connectivity index (χ1n) is 8.94. The van der Waals surface area contributed by atoms with Crippen LogP contribution in [0.1, 0.15) is 45.3 Å². The Morgan fingerprint density at radius 1 is 1.00 bits per heavy atom. The van der Waals surface area contributed by atoms with Crippen LogP contribution in [0.2, 0.25) is 0 Å². The number of amides is 1. The lowest BCUT2D eigenvalue weighted by Gasteiger charge is -2.42. The molecule has 1 amide bonds. The number of benzene rings is 2. The summed E-state index contributed by atoms with van der Waals surface area (Å²) < 4.78 is 0.536. The molecule has 1 saturated carbocycles. The van der Waals surface area contributed by atoms with E-state index in [0.29, 0.717) is 4.58 Å². The molecule has 1 N–H and O–H groups in total. The molecule has 2 aromatic rings. The fourth-order valence-electron chi connectivity index (χ4n) is 3.66. The molecular weight excluding hydrogens is 346 g/mol. The molecule has 0 radical (unpaired) electrons. The highest BCUT2D eigenvalue weighted by Crippen LogP contribution is 2.45. The predicted octanol–water partition coefficient (Wildman–Crippen LogP) is 5.02. The zero-order valence-electron chi connectivity index (χ0n) is 14.2. The summed E-state index contributed by atoms with van der Waals surface area (Å²) in [6.45, 7) is 0.728. The highest BCUT2D eigenvalue weighted by Gasteiger charge is 2.38. The highest BCUT2D eigenvalue weighted by molar-refractivity contribution is 8.19. The summed E-state index contributed by atoms with van der Waals surface area (Å²) in [7, 11) is 0. The Kier molecular flexibility index (Phi) is 5.09. The fourth-order valence-corrected chi connectivity index (χ4v) is 6.52. The molecule has 0 atom stereocenters. The molecule has 0 aromatic heterocycles.